The second kappa shape index (κ2) is 8.69. The highest BCUT2D eigenvalue weighted by molar-refractivity contribution is 7.87. The van der Waals surface area contributed by atoms with Gasteiger partial charge in [0.2, 0.25) is 5.91 Å². The van der Waals surface area contributed by atoms with E-state index in [1.54, 1.807) is 0 Å². The summed E-state index contributed by atoms with van der Waals surface area (Å²) in [6.07, 6.45) is 2.26. The zero-order valence-electron chi connectivity index (χ0n) is 15.1. The Kier molecular flexibility index (Phi) is 6.74. The monoisotopic (exact) mass is 432 g/mol. The third kappa shape index (κ3) is 5.38. The van der Waals surface area contributed by atoms with E-state index in [1.165, 1.54) is 17.1 Å². The highest BCUT2D eigenvalue weighted by atomic mass is 32.2. The number of carbonyl (C=O) groups is 5. The molecular formula is C16H20N2O10S. The van der Waals surface area contributed by atoms with E-state index in [4.69, 9.17) is 19.6 Å². The van der Waals surface area contributed by atoms with Gasteiger partial charge < -0.3 is 10.2 Å². The molecule has 3 N–H and O–H groups in total. The van der Waals surface area contributed by atoms with Crippen LogP contribution in [0, 0.1) is 5.92 Å². The minimum atomic E-state index is -4.60. The average molecular weight is 432 g/mol. The first kappa shape index (κ1) is 22.5. The number of likely N-dealkylation sites (tertiary alicyclic amines) is 1. The number of imide groups is 2. The zero-order valence-corrected chi connectivity index (χ0v) is 15.9. The summed E-state index contributed by atoms with van der Waals surface area (Å²) in [7, 11) is -4.60. The van der Waals surface area contributed by atoms with Crippen molar-refractivity contribution in [3.63, 3.8) is 0 Å². The molecular weight excluding hydrogens is 412 g/mol. The van der Waals surface area contributed by atoms with Gasteiger partial charge in [-0.2, -0.15) is 8.42 Å². The van der Waals surface area contributed by atoms with Gasteiger partial charge in [-0.3, -0.25) is 33.5 Å². The molecule has 0 radical (unpaired) electrons. The van der Waals surface area contributed by atoms with E-state index in [9.17, 15) is 27.6 Å². The first-order valence-electron chi connectivity index (χ1n) is 8.69. The van der Waals surface area contributed by atoms with Crippen molar-refractivity contribution in [2.24, 2.45) is 5.92 Å². The van der Waals surface area contributed by atoms with Crippen LogP contribution < -0.4 is 0 Å². The smallest absolute Gasteiger partial charge is 0.450 e. The Morgan fingerprint density at radius 3 is 1.90 bits per heavy atom. The maximum atomic E-state index is 12.2. The Bertz CT molecular complexity index is 835. The molecule has 3 rings (SSSR count). The lowest BCUT2D eigenvalue weighted by Gasteiger charge is -2.34. The standard InChI is InChI=1S/C15H18N2O7S.CH2O3/c18-12-5-6-13(19)16(12)8-9-1-3-10(4-2-9)17-14(20)7-11(15(17)21)25(22,23)24;2-1(3)4/h5-6,9-11H,1-4,7-8H2,(H,22,23,24);(H2,2,3,4). The molecule has 4 amide bonds. The van der Waals surface area contributed by atoms with Crippen LogP contribution in [0.15, 0.2) is 12.2 Å². The van der Waals surface area contributed by atoms with Crippen LogP contribution in [-0.2, 0) is 29.3 Å². The van der Waals surface area contributed by atoms with Crippen LogP contribution in [0.2, 0.25) is 0 Å². The summed E-state index contributed by atoms with van der Waals surface area (Å²) in [4.78, 5) is 58.0. The molecule has 1 aliphatic carbocycles. The van der Waals surface area contributed by atoms with Crippen LogP contribution >= 0.6 is 0 Å². The van der Waals surface area contributed by atoms with Crippen molar-refractivity contribution in [2.75, 3.05) is 6.54 Å². The maximum Gasteiger partial charge on any atom is 0.503 e. The molecule has 2 heterocycles. The molecule has 29 heavy (non-hydrogen) atoms. The van der Waals surface area contributed by atoms with E-state index in [-0.39, 0.29) is 17.7 Å². The highest BCUT2D eigenvalue weighted by Gasteiger charge is 2.48. The molecule has 0 aromatic carbocycles. The summed E-state index contributed by atoms with van der Waals surface area (Å²) >= 11 is 0. The fourth-order valence-electron chi connectivity index (χ4n) is 3.69. The Labute approximate surface area is 165 Å². The number of rotatable bonds is 4. The van der Waals surface area contributed by atoms with Crippen molar-refractivity contribution < 1.29 is 47.2 Å². The predicted octanol–water partition coefficient (Wildman–Crippen LogP) is -0.292. The Balaban J connectivity index is 0.000000687. The highest BCUT2D eigenvalue weighted by Crippen LogP contribution is 2.32. The van der Waals surface area contributed by atoms with Gasteiger partial charge in [0.15, 0.2) is 5.25 Å². The van der Waals surface area contributed by atoms with E-state index < -0.39 is 45.8 Å². The Morgan fingerprint density at radius 2 is 1.48 bits per heavy atom. The normalized spacial score (nSPS) is 27.3. The van der Waals surface area contributed by atoms with E-state index in [0.717, 1.165) is 4.90 Å². The second-order valence-corrected chi connectivity index (χ2v) is 8.49. The molecule has 0 bridgehead atoms. The Hall–Kier alpha value is -2.80. The Morgan fingerprint density at radius 1 is 1.00 bits per heavy atom. The summed E-state index contributed by atoms with van der Waals surface area (Å²) in [5.41, 5.74) is 0. The predicted molar refractivity (Wildman–Crippen MR) is 94.1 cm³/mol. The maximum absolute atomic E-state index is 12.2. The van der Waals surface area contributed by atoms with Crippen molar-refractivity contribution in [1.82, 2.24) is 9.80 Å². The van der Waals surface area contributed by atoms with Gasteiger partial charge in [0, 0.05) is 24.7 Å². The SMILES string of the molecule is O=C(O)O.O=C1C=CC(=O)N1CC1CCC(N2C(=O)CC(S(=O)(=O)O)C2=O)CC1. The molecule has 1 unspecified atom stereocenters. The van der Waals surface area contributed by atoms with Crippen molar-refractivity contribution in [3.05, 3.63) is 12.2 Å². The third-order valence-electron chi connectivity index (χ3n) is 5.02. The van der Waals surface area contributed by atoms with Gasteiger partial charge >= 0.3 is 6.16 Å². The van der Waals surface area contributed by atoms with Crippen molar-refractivity contribution in [1.29, 1.82) is 0 Å². The summed E-state index contributed by atoms with van der Waals surface area (Å²) in [5, 5.41) is 12.2. The molecule has 1 atom stereocenters. The molecule has 3 aliphatic rings. The molecule has 12 nitrogen and oxygen atoms in total. The van der Waals surface area contributed by atoms with Gasteiger partial charge in [-0.25, -0.2) is 4.79 Å². The molecule has 160 valence electrons. The van der Waals surface area contributed by atoms with Crippen molar-refractivity contribution in [3.8, 4) is 0 Å². The van der Waals surface area contributed by atoms with Crippen LogP contribution in [0.3, 0.4) is 0 Å². The molecule has 1 saturated carbocycles. The van der Waals surface area contributed by atoms with Crippen LogP contribution in [0.1, 0.15) is 32.1 Å². The number of carboxylic acid groups (broad SMARTS) is 2. The number of carbonyl (C=O) groups excluding carboxylic acids is 4. The third-order valence-corrected chi connectivity index (χ3v) is 6.11. The fraction of sp³-hybridized carbons (Fsp3) is 0.562. The number of hydrogen-bond acceptors (Lipinski definition) is 7. The van der Waals surface area contributed by atoms with Gasteiger partial charge in [-0.1, -0.05) is 0 Å². The minimum absolute atomic E-state index is 0.0780. The van der Waals surface area contributed by atoms with E-state index in [0.29, 0.717) is 32.2 Å². The molecule has 2 aliphatic heterocycles. The van der Waals surface area contributed by atoms with Crippen LogP contribution in [0.25, 0.3) is 0 Å². The van der Waals surface area contributed by atoms with Gasteiger partial charge in [0.25, 0.3) is 27.8 Å². The molecule has 0 aromatic rings. The van der Waals surface area contributed by atoms with E-state index >= 15 is 0 Å². The lowest BCUT2D eigenvalue weighted by Crippen LogP contribution is -2.45. The number of nitrogens with zero attached hydrogens (tertiary/aromatic N) is 2. The molecule has 13 heteroatoms. The molecule has 1 saturated heterocycles. The second-order valence-electron chi connectivity index (χ2n) is 6.89. The first-order valence-corrected chi connectivity index (χ1v) is 10.2. The van der Waals surface area contributed by atoms with Crippen LogP contribution in [0.4, 0.5) is 4.79 Å². The van der Waals surface area contributed by atoms with E-state index in [2.05, 4.69) is 0 Å². The molecule has 0 aromatic heterocycles. The van der Waals surface area contributed by atoms with Gasteiger partial charge in [0.1, 0.15) is 0 Å². The summed E-state index contributed by atoms with van der Waals surface area (Å²) < 4.78 is 31.5. The van der Waals surface area contributed by atoms with Crippen LogP contribution in [0.5, 0.6) is 0 Å². The number of hydrogen-bond donors (Lipinski definition) is 3. The lowest BCUT2D eigenvalue weighted by atomic mass is 9.85. The van der Waals surface area contributed by atoms with Gasteiger partial charge in [0.05, 0.1) is 6.42 Å². The van der Waals surface area contributed by atoms with E-state index in [1.807, 2.05) is 0 Å². The topological polar surface area (TPSA) is 187 Å². The quantitative estimate of drug-likeness (QED) is 0.393. The molecule has 0 spiro atoms. The minimum Gasteiger partial charge on any atom is -0.450 e. The number of amides is 4. The summed E-state index contributed by atoms with van der Waals surface area (Å²) in [6, 6.07) is -0.411. The lowest BCUT2D eigenvalue weighted by molar-refractivity contribution is -0.141. The fourth-order valence-corrected chi connectivity index (χ4v) is 4.42. The summed E-state index contributed by atoms with van der Waals surface area (Å²) in [5.74, 6) is -2.06. The van der Waals surface area contributed by atoms with Gasteiger partial charge in [-0.15, -0.1) is 0 Å². The van der Waals surface area contributed by atoms with Gasteiger partial charge in [-0.05, 0) is 31.6 Å². The molecule has 2 fully saturated rings. The average Bonchev–Trinajstić information content (AvgIpc) is 3.08. The largest absolute Gasteiger partial charge is 0.503 e. The summed E-state index contributed by atoms with van der Waals surface area (Å²) in [6.45, 7) is 0.299. The van der Waals surface area contributed by atoms with Crippen molar-refractivity contribution in [2.45, 2.75) is 43.4 Å². The zero-order chi connectivity index (χ0) is 21.9. The van der Waals surface area contributed by atoms with Crippen molar-refractivity contribution >= 4 is 39.9 Å². The first-order chi connectivity index (χ1) is 13.4. The van der Waals surface area contributed by atoms with Crippen LogP contribution in [-0.4, -0.2) is 80.6 Å².